The van der Waals surface area contributed by atoms with Gasteiger partial charge in [0.2, 0.25) is 11.8 Å². The number of halogens is 2. The number of sulfonamides is 1. The molecular weight excluding hydrogens is 641 g/mol. The third-order valence-corrected chi connectivity index (χ3v) is 9.06. The lowest BCUT2D eigenvalue weighted by Crippen LogP contribution is -2.40. The number of aliphatic hydroxyl groups is 1. The average Bonchev–Trinajstić information content (AvgIpc) is 3.00. The summed E-state index contributed by atoms with van der Waals surface area (Å²) in [4.78, 5) is 38.9. The molecule has 3 N–H and O–H groups in total. The third kappa shape index (κ3) is 10.3. The summed E-state index contributed by atoms with van der Waals surface area (Å²) in [6.07, 6.45) is -0.274. The van der Waals surface area contributed by atoms with Crippen LogP contribution in [0, 0.1) is 11.7 Å². The van der Waals surface area contributed by atoms with E-state index in [0.717, 1.165) is 18.6 Å². The summed E-state index contributed by atoms with van der Waals surface area (Å²) in [5.41, 5.74) is 1.48. The van der Waals surface area contributed by atoms with Crippen LogP contribution in [0.3, 0.4) is 0 Å². The molecule has 0 saturated carbocycles. The number of carbonyl (C=O) groups is 3. The van der Waals surface area contributed by atoms with E-state index in [9.17, 15) is 27.9 Å². The van der Waals surface area contributed by atoms with E-state index in [0.29, 0.717) is 23.6 Å². The Kier molecular flexibility index (Phi) is 13.4. The third-order valence-electron chi connectivity index (χ3n) is 6.98. The van der Waals surface area contributed by atoms with Crippen molar-refractivity contribution in [3.63, 3.8) is 0 Å². The quantitative estimate of drug-likeness (QED) is 0.177. The first kappa shape index (κ1) is 36.0. The van der Waals surface area contributed by atoms with Gasteiger partial charge in [0.1, 0.15) is 11.9 Å². The molecule has 3 amide bonds. The van der Waals surface area contributed by atoms with Crippen LogP contribution in [0.1, 0.15) is 37.8 Å². The Balaban J connectivity index is 1.74. The highest BCUT2D eigenvalue weighted by Gasteiger charge is 2.24. The van der Waals surface area contributed by atoms with Crippen LogP contribution in [0.15, 0.2) is 71.6 Å². The predicted molar refractivity (Wildman–Crippen MR) is 175 cm³/mol. The van der Waals surface area contributed by atoms with E-state index in [-0.39, 0.29) is 59.5 Å². The fourth-order valence-corrected chi connectivity index (χ4v) is 6.36. The molecule has 13 heteroatoms. The molecular formula is C32H37ClFN3O6S2. The maximum atomic E-state index is 15.4. The molecule has 2 atom stereocenters. The highest BCUT2D eigenvalue weighted by molar-refractivity contribution is 7.90. The highest BCUT2D eigenvalue weighted by atomic mass is 35.5. The Morgan fingerprint density at radius 2 is 1.78 bits per heavy atom. The molecule has 0 fully saturated rings. The van der Waals surface area contributed by atoms with Gasteiger partial charge in [-0.05, 0) is 55.2 Å². The Morgan fingerprint density at radius 3 is 2.42 bits per heavy atom. The number of carbonyl (C=O) groups excluding carboxylic acids is 3. The summed E-state index contributed by atoms with van der Waals surface area (Å²) in [5, 5.41) is 12.9. The molecule has 0 bridgehead atoms. The first-order valence-electron chi connectivity index (χ1n) is 14.4. The van der Waals surface area contributed by atoms with E-state index in [1.54, 1.807) is 18.2 Å². The van der Waals surface area contributed by atoms with E-state index in [4.69, 9.17) is 11.6 Å². The molecule has 0 aliphatic heterocycles. The molecule has 45 heavy (non-hydrogen) atoms. The lowest BCUT2D eigenvalue weighted by Gasteiger charge is -2.24. The summed E-state index contributed by atoms with van der Waals surface area (Å²) in [7, 11) is -4.37. The second-order valence-electron chi connectivity index (χ2n) is 10.5. The number of thiol groups is 1. The number of hydrogen-bond donors (Lipinski definition) is 4. The molecule has 3 aromatic carbocycles. The molecule has 3 aromatic rings. The number of aliphatic hydroxyl groups excluding tert-OH is 1. The van der Waals surface area contributed by atoms with Crippen LogP contribution in [0.5, 0.6) is 0 Å². The van der Waals surface area contributed by atoms with Crippen molar-refractivity contribution in [2.75, 3.05) is 18.8 Å². The van der Waals surface area contributed by atoms with Gasteiger partial charge in [-0.3, -0.25) is 14.4 Å². The fraction of sp³-hybridized carbons (Fsp3) is 0.344. The lowest BCUT2D eigenvalue weighted by molar-refractivity contribution is -0.132. The number of rotatable bonds is 15. The molecule has 242 valence electrons. The molecule has 0 aromatic heterocycles. The van der Waals surface area contributed by atoms with Crippen LogP contribution >= 0.6 is 24.2 Å². The summed E-state index contributed by atoms with van der Waals surface area (Å²) in [6, 6.07) is 17.2. The second kappa shape index (κ2) is 16.7. The summed E-state index contributed by atoms with van der Waals surface area (Å²) in [5.74, 6) is -2.29. The molecule has 0 saturated heterocycles. The minimum atomic E-state index is -4.37. The molecule has 0 heterocycles. The van der Waals surface area contributed by atoms with Gasteiger partial charge in [-0.1, -0.05) is 61.0 Å². The van der Waals surface area contributed by atoms with Crippen LogP contribution in [0.25, 0.3) is 11.1 Å². The fourth-order valence-electron chi connectivity index (χ4n) is 4.57. The van der Waals surface area contributed by atoms with E-state index in [1.165, 1.54) is 35.2 Å². The summed E-state index contributed by atoms with van der Waals surface area (Å²) >= 11 is 10.4. The van der Waals surface area contributed by atoms with Crippen molar-refractivity contribution >= 4 is 52.0 Å². The number of hydrogen-bond acceptors (Lipinski definition) is 7. The van der Waals surface area contributed by atoms with Gasteiger partial charge in [-0.15, -0.1) is 0 Å². The first-order valence-corrected chi connectivity index (χ1v) is 16.9. The van der Waals surface area contributed by atoms with Crippen molar-refractivity contribution in [3.05, 3.63) is 88.7 Å². The molecule has 0 aliphatic rings. The van der Waals surface area contributed by atoms with Gasteiger partial charge in [-0.2, -0.15) is 12.6 Å². The van der Waals surface area contributed by atoms with Crippen LogP contribution < -0.4 is 10.0 Å². The normalized spacial score (nSPS) is 12.7. The van der Waals surface area contributed by atoms with E-state index in [2.05, 4.69) is 17.9 Å². The van der Waals surface area contributed by atoms with Crippen LogP contribution in [0.4, 0.5) is 4.39 Å². The van der Waals surface area contributed by atoms with Gasteiger partial charge in [0.15, 0.2) is 0 Å². The van der Waals surface area contributed by atoms with Crippen LogP contribution in [0.2, 0.25) is 5.02 Å². The van der Waals surface area contributed by atoms with Gasteiger partial charge in [-0.25, -0.2) is 17.5 Å². The number of nitrogens with zero attached hydrogens (tertiary/aromatic N) is 1. The summed E-state index contributed by atoms with van der Waals surface area (Å²) in [6.45, 7) is 3.22. The van der Waals surface area contributed by atoms with Crippen molar-refractivity contribution in [2.45, 2.75) is 50.7 Å². The summed E-state index contributed by atoms with van der Waals surface area (Å²) < 4.78 is 43.0. The topological polar surface area (TPSA) is 133 Å². The SMILES string of the molecule is CCCC(=O)N(CCNC(=O)C(CS)Cc1cccc(Cl)c1)Cc1ccc(-c2ccccc2S(=O)(=O)NC(=O)C(C)O)cc1F. The Morgan fingerprint density at radius 1 is 1.04 bits per heavy atom. The van der Waals surface area contributed by atoms with E-state index in [1.807, 2.05) is 23.8 Å². The average molecular weight is 678 g/mol. The van der Waals surface area contributed by atoms with E-state index >= 15 is 4.39 Å². The standard InChI is InChI=1S/C32H37ClFN3O6S2/c1-3-7-30(39)37(15-14-35-32(41)25(20-44)16-22-8-6-9-26(33)17-22)19-24-13-12-23(18-28(24)34)27-10-4-5-11-29(27)45(42,43)36-31(40)21(2)38/h4-6,8-13,17-18,21,25,38,44H,3,7,14-16,19-20H2,1-2H3,(H,35,41)(H,36,40). The van der Waals surface area contributed by atoms with Crippen molar-refractivity contribution in [2.24, 2.45) is 5.92 Å². The number of nitrogens with one attached hydrogen (secondary N) is 2. The van der Waals surface area contributed by atoms with Crippen molar-refractivity contribution < 1.29 is 32.3 Å². The van der Waals surface area contributed by atoms with Crippen molar-refractivity contribution in [3.8, 4) is 11.1 Å². The largest absolute Gasteiger partial charge is 0.384 e. The monoisotopic (exact) mass is 677 g/mol. The second-order valence-corrected chi connectivity index (χ2v) is 13.0. The number of amides is 3. The smallest absolute Gasteiger partial charge is 0.264 e. The zero-order chi connectivity index (χ0) is 33.1. The Hall–Kier alpha value is -3.45. The molecule has 0 spiro atoms. The highest BCUT2D eigenvalue weighted by Crippen LogP contribution is 2.29. The molecule has 0 radical (unpaired) electrons. The minimum Gasteiger partial charge on any atom is -0.384 e. The minimum absolute atomic E-state index is 0.0658. The molecule has 2 unspecified atom stereocenters. The Bertz CT molecular complexity index is 1620. The van der Waals surface area contributed by atoms with E-state index < -0.39 is 33.8 Å². The predicted octanol–water partition coefficient (Wildman–Crippen LogP) is 4.37. The van der Waals surface area contributed by atoms with Crippen molar-refractivity contribution in [1.29, 1.82) is 0 Å². The maximum Gasteiger partial charge on any atom is 0.264 e. The molecule has 9 nitrogen and oxygen atoms in total. The van der Waals surface area contributed by atoms with Gasteiger partial charge < -0.3 is 15.3 Å². The first-order chi connectivity index (χ1) is 21.4. The molecule has 0 aliphatic carbocycles. The van der Waals surface area contributed by atoms with Crippen molar-refractivity contribution in [1.82, 2.24) is 14.9 Å². The van der Waals surface area contributed by atoms with Gasteiger partial charge in [0.05, 0.1) is 10.8 Å². The maximum absolute atomic E-state index is 15.4. The zero-order valence-corrected chi connectivity index (χ0v) is 27.5. The zero-order valence-electron chi connectivity index (χ0n) is 25.0. The van der Waals surface area contributed by atoms with Gasteiger partial charge in [0, 0.05) is 48.0 Å². The Labute approximate surface area is 273 Å². The van der Waals surface area contributed by atoms with Crippen LogP contribution in [-0.2, 0) is 37.4 Å². The number of benzene rings is 3. The lowest BCUT2D eigenvalue weighted by atomic mass is 10.0. The van der Waals surface area contributed by atoms with Gasteiger partial charge in [0.25, 0.3) is 15.9 Å². The molecule has 3 rings (SSSR count). The van der Waals surface area contributed by atoms with Crippen LogP contribution in [-0.4, -0.2) is 61.1 Å². The van der Waals surface area contributed by atoms with Gasteiger partial charge >= 0.3 is 0 Å².